The van der Waals surface area contributed by atoms with Gasteiger partial charge in [0, 0.05) is 11.3 Å². The number of nitrogens with zero attached hydrogens (tertiary/aromatic N) is 2. The highest BCUT2D eigenvalue weighted by Gasteiger charge is 2.23. The Hall–Kier alpha value is -1.67. The average Bonchev–Trinajstić information content (AvgIpc) is 2.35. The van der Waals surface area contributed by atoms with Gasteiger partial charge in [0.2, 0.25) is 0 Å². The van der Waals surface area contributed by atoms with E-state index in [0.29, 0.717) is 11.1 Å². The van der Waals surface area contributed by atoms with Crippen LogP contribution in [0.2, 0.25) is 5.15 Å². The first-order valence-electron chi connectivity index (χ1n) is 6.67. The minimum Gasteiger partial charge on any atom is -0.232 e. The molecule has 0 radical (unpaired) electrons. The van der Waals surface area contributed by atoms with Gasteiger partial charge in [0.15, 0.2) is 0 Å². The molecule has 0 amide bonds. The molecule has 0 atom stereocenters. The smallest absolute Gasteiger partial charge is 0.140 e. The lowest BCUT2D eigenvalue weighted by atomic mass is 9.85. The van der Waals surface area contributed by atoms with E-state index < -0.39 is 0 Å². The number of benzene rings is 2. The Kier molecular flexibility index (Phi) is 2.46. The van der Waals surface area contributed by atoms with Crippen molar-refractivity contribution in [3.8, 4) is 0 Å². The first-order chi connectivity index (χ1) is 9.31. The van der Waals surface area contributed by atoms with Crippen molar-refractivity contribution in [2.45, 2.75) is 25.2 Å². The Labute approximate surface area is 116 Å². The first kappa shape index (κ1) is 11.2. The van der Waals surface area contributed by atoms with Gasteiger partial charge in [0.25, 0.3) is 0 Å². The van der Waals surface area contributed by atoms with E-state index in [1.54, 1.807) is 0 Å². The lowest BCUT2D eigenvalue weighted by molar-refractivity contribution is 0.402. The first-order valence-corrected chi connectivity index (χ1v) is 7.05. The van der Waals surface area contributed by atoms with Gasteiger partial charge in [-0.2, -0.15) is 0 Å². The minimum atomic E-state index is 0.508. The summed E-state index contributed by atoms with van der Waals surface area (Å²) in [7, 11) is 0. The maximum Gasteiger partial charge on any atom is 0.140 e. The highest BCUT2D eigenvalue weighted by Crippen LogP contribution is 2.36. The van der Waals surface area contributed by atoms with Crippen LogP contribution in [0.4, 0.5) is 0 Å². The average molecular weight is 269 g/mol. The third kappa shape index (κ3) is 1.79. The zero-order chi connectivity index (χ0) is 12.8. The van der Waals surface area contributed by atoms with Crippen molar-refractivity contribution >= 4 is 33.3 Å². The maximum absolute atomic E-state index is 6.34. The van der Waals surface area contributed by atoms with Gasteiger partial charge in [-0.1, -0.05) is 42.3 Å². The molecule has 4 rings (SSSR count). The summed E-state index contributed by atoms with van der Waals surface area (Å²) in [5, 5.41) is 3.90. The lowest BCUT2D eigenvalue weighted by Gasteiger charge is -2.24. The molecule has 1 heterocycles. The fourth-order valence-electron chi connectivity index (χ4n) is 2.64. The second kappa shape index (κ2) is 4.17. The fourth-order valence-corrected chi connectivity index (χ4v) is 2.88. The Bertz CT molecular complexity index is 778. The van der Waals surface area contributed by atoms with Crippen LogP contribution in [-0.4, -0.2) is 9.97 Å². The monoisotopic (exact) mass is 268 g/mol. The van der Waals surface area contributed by atoms with Gasteiger partial charge >= 0.3 is 0 Å². The molecule has 0 aliphatic heterocycles. The number of hydrogen-bond acceptors (Lipinski definition) is 2. The fraction of sp³-hybridized carbons (Fsp3) is 0.250. The second-order valence-corrected chi connectivity index (χ2v) is 5.57. The van der Waals surface area contributed by atoms with Gasteiger partial charge in [-0.25, -0.2) is 9.97 Å². The van der Waals surface area contributed by atoms with Crippen molar-refractivity contribution in [1.82, 2.24) is 9.97 Å². The lowest BCUT2D eigenvalue weighted by Crippen LogP contribution is -2.12. The third-order valence-corrected chi connectivity index (χ3v) is 4.29. The van der Waals surface area contributed by atoms with Crippen LogP contribution in [0.3, 0.4) is 0 Å². The molecule has 3 heteroatoms. The van der Waals surface area contributed by atoms with Crippen molar-refractivity contribution in [2.75, 3.05) is 0 Å². The standard InChI is InChI=1S/C16H13ClN2/c17-15-13-8-11-4-1-2-5-12(11)9-14(13)18-16(19-15)10-6-3-7-10/h1-2,4-5,8-10H,3,6-7H2. The molecule has 1 aliphatic carbocycles. The van der Waals surface area contributed by atoms with Crippen LogP contribution in [0.1, 0.15) is 31.0 Å². The molecule has 1 fully saturated rings. The molecule has 0 unspecified atom stereocenters. The molecule has 0 saturated heterocycles. The number of rotatable bonds is 1. The van der Waals surface area contributed by atoms with Crippen molar-refractivity contribution in [1.29, 1.82) is 0 Å². The number of halogens is 1. The summed E-state index contributed by atoms with van der Waals surface area (Å²) in [6.07, 6.45) is 3.66. The molecule has 2 nitrogen and oxygen atoms in total. The molecular formula is C16H13ClN2. The normalized spacial score (nSPS) is 15.8. The molecule has 0 N–H and O–H groups in total. The Morgan fingerprint density at radius 1 is 1.00 bits per heavy atom. The number of hydrogen-bond donors (Lipinski definition) is 0. The quantitative estimate of drug-likeness (QED) is 0.472. The van der Waals surface area contributed by atoms with Gasteiger partial charge in [-0.15, -0.1) is 0 Å². The Balaban J connectivity index is 2.00. The van der Waals surface area contributed by atoms with Crippen molar-refractivity contribution in [2.24, 2.45) is 0 Å². The largest absolute Gasteiger partial charge is 0.232 e. The maximum atomic E-state index is 6.34. The van der Waals surface area contributed by atoms with Crippen LogP contribution < -0.4 is 0 Å². The van der Waals surface area contributed by atoms with Crippen LogP contribution in [0.25, 0.3) is 21.7 Å². The van der Waals surface area contributed by atoms with Crippen LogP contribution in [0.5, 0.6) is 0 Å². The van der Waals surface area contributed by atoms with Crippen LogP contribution in [0, 0.1) is 0 Å². The van der Waals surface area contributed by atoms with E-state index in [-0.39, 0.29) is 0 Å². The third-order valence-electron chi connectivity index (χ3n) is 4.00. The van der Waals surface area contributed by atoms with Gasteiger partial charge < -0.3 is 0 Å². The zero-order valence-electron chi connectivity index (χ0n) is 10.4. The van der Waals surface area contributed by atoms with Crippen LogP contribution in [-0.2, 0) is 0 Å². The second-order valence-electron chi connectivity index (χ2n) is 5.22. The van der Waals surface area contributed by atoms with Gasteiger partial charge in [-0.3, -0.25) is 0 Å². The molecular weight excluding hydrogens is 256 g/mol. The molecule has 0 spiro atoms. The summed E-state index contributed by atoms with van der Waals surface area (Å²) < 4.78 is 0. The Morgan fingerprint density at radius 3 is 2.42 bits per heavy atom. The predicted octanol–water partition coefficient (Wildman–Crippen LogP) is 4.70. The van der Waals surface area contributed by atoms with E-state index in [1.165, 1.54) is 30.0 Å². The molecule has 1 aliphatic rings. The highest BCUT2D eigenvalue weighted by atomic mass is 35.5. The van der Waals surface area contributed by atoms with Gasteiger partial charge in [0.1, 0.15) is 11.0 Å². The van der Waals surface area contributed by atoms with E-state index >= 15 is 0 Å². The van der Waals surface area contributed by atoms with E-state index in [2.05, 4.69) is 29.2 Å². The van der Waals surface area contributed by atoms with Crippen molar-refractivity contribution in [3.05, 3.63) is 47.4 Å². The molecule has 2 aromatic carbocycles. The number of aromatic nitrogens is 2. The number of fused-ring (bicyclic) bond motifs is 2. The summed E-state index contributed by atoms with van der Waals surface area (Å²) in [4.78, 5) is 9.20. The SMILES string of the molecule is Clc1nc(C2CCC2)nc2cc3ccccc3cc12. The van der Waals surface area contributed by atoms with E-state index in [1.807, 2.05) is 12.1 Å². The molecule has 3 aromatic rings. The van der Waals surface area contributed by atoms with Crippen LogP contribution >= 0.6 is 11.6 Å². The zero-order valence-corrected chi connectivity index (χ0v) is 11.2. The molecule has 1 aromatic heterocycles. The summed E-state index contributed by atoms with van der Waals surface area (Å²) in [6.45, 7) is 0. The molecule has 1 saturated carbocycles. The van der Waals surface area contributed by atoms with Gasteiger partial charge in [0.05, 0.1) is 5.52 Å². The minimum absolute atomic E-state index is 0.508. The molecule has 0 bridgehead atoms. The van der Waals surface area contributed by atoms with E-state index in [0.717, 1.165) is 16.7 Å². The van der Waals surface area contributed by atoms with E-state index in [9.17, 15) is 0 Å². The van der Waals surface area contributed by atoms with Crippen LogP contribution in [0.15, 0.2) is 36.4 Å². The Morgan fingerprint density at radius 2 is 1.74 bits per heavy atom. The summed E-state index contributed by atoms with van der Waals surface area (Å²) in [6, 6.07) is 12.5. The van der Waals surface area contributed by atoms with Gasteiger partial charge in [-0.05, 0) is 35.7 Å². The summed E-state index contributed by atoms with van der Waals surface area (Å²) in [5.74, 6) is 1.42. The summed E-state index contributed by atoms with van der Waals surface area (Å²) in [5.41, 5.74) is 0.959. The molecule has 19 heavy (non-hydrogen) atoms. The predicted molar refractivity (Wildman–Crippen MR) is 78.6 cm³/mol. The van der Waals surface area contributed by atoms with Crippen molar-refractivity contribution < 1.29 is 0 Å². The van der Waals surface area contributed by atoms with Crippen molar-refractivity contribution in [3.63, 3.8) is 0 Å². The highest BCUT2D eigenvalue weighted by molar-refractivity contribution is 6.34. The van der Waals surface area contributed by atoms with E-state index in [4.69, 9.17) is 16.6 Å². The topological polar surface area (TPSA) is 25.8 Å². The summed E-state index contributed by atoms with van der Waals surface area (Å²) >= 11 is 6.34. The molecule has 94 valence electrons.